The van der Waals surface area contributed by atoms with E-state index in [1.165, 1.54) is 0 Å². The maximum Gasteiger partial charge on any atom is 0.469 e. The number of hydrogen-bond donors (Lipinski definition) is 4. The van der Waals surface area contributed by atoms with Gasteiger partial charge in [-0.25, -0.2) is 8.96 Å². The van der Waals surface area contributed by atoms with Gasteiger partial charge in [0, 0.05) is 13.3 Å². The zero-order chi connectivity index (χ0) is 17.9. The molecule has 0 saturated carbocycles. The fourth-order valence-corrected chi connectivity index (χ4v) is 2.91. The summed E-state index contributed by atoms with van der Waals surface area (Å²) in [6, 6.07) is -2.71. The van der Waals surface area contributed by atoms with Crippen molar-refractivity contribution in [2.24, 2.45) is 5.73 Å². The van der Waals surface area contributed by atoms with E-state index in [1.54, 1.807) is 0 Å². The number of carbonyl (C=O) groups is 3. The van der Waals surface area contributed by atoms with Crippen LogP contribution in [0.3, 0.4) is 0 Å². The molecule has 4 atom stereocenters. The van der Waals surface area contributed by atoms with Gasteiger partial charge in [0.25, 0.3) is 0 Å². The van der Waals surface area contributed by atoms with E-state index < -0.39 is 56.4 Å². The molecule has 1 rings (SSSR count). The lowest BCUT2D eigenvalue weighted by Gasteiger charge is -2.30. The molecule has 23 heavy (non-hydrogen) atoms. The molecule has 10 nitrogen and oxygen atoms in total. The number of phosphoric ester groups is 1. The van der Waals surface area contributed by atoms with Gasteiger partial charge in [0.2, 0.25) is 17.7 Å². The van der Waals surface area contributed by atoms with Gasteiger partial charge in [-0.3, -0.25) is 18.9 Å². The molecule has 3 amide bonds. The van der Waals surface area contributed by atoms with Gasteiger partial charge in [-0.05, 0) is 6.92 Å². The number of primary amides is 1. The Morgan fingerprint density at radius 1 is 1.43 bits per heavy atom. The van der Waals surface area contributed by atoms with Crippen LogP contribution in [0.25, 0.3) is 0 Å². The molecular formula is C11H19FN3O7P. The Bertz CT molecular complexity index is 540. The van der Waals surface area contributed by atoms with Gasteiger partial charge in [-0.1, -0.05) is 0 Å². The minimum absolute atomic E-state index is 0.276. The fourth-order valence-electron chi connectivity index (χ4n) is 2.35. The summed E-state index contributed by atoms with van der Waals surface area (Å²) in [4.78, 5) is 53.5. The molecule has 0 bridgehead atoms. The van der Waals surface area contributed by atoms with Crippen LogP contribution in [0.4, 0.5) is 4.39 Å². The number of nitrogens with zero attached hydrogens (tertiary/aromatic N) is 1. The molecule has 12 heteroatoms. The Balaban J connectivity index is 3.01. The Morgan fingerprint density at radius 3 is 2.43 bits per heavy atom. The van der Waals surface area contributed by atoms with E-state index in [-0.39, 0.29) is 6.42 Å². The first kappa shape index (κ1) is 19.5. The second-order valence-electron chi connectivity index (χ2n) is 5.22. The number of carbonyl (C=O) groups excluding carboxylic acids is 3. The standard InChI is InChI=1S/C11H19FN3O7P/c1-5(22-23(19,20)21)9(14-6(2)16)11(18)15-4-7(12)3-8(15)10(13)17/h5,7-9H,3-4H2,1-2H3,(H2,13,17)(H,14,16)(H2,19,20,21)/t5-,7+,8+,9+/m1/s1. The Hall–Kier alpha value is -1.55. The molecule has 1 aliphatic rings. The third-order valence-electron chi connectivity index (χ3n) is 3.26. The topological polar surface area (TPSA) is 159 Å². The lowest BCUT2D eigenvalue weighted by Crippen LogP contribution is -2.56. The van der Waals surface area contributed by atoms with E-state index in [2.05, 4.69) is 9.84 Å². The first-order valence-corrected chi connectivity index (χ1v) is 8.20. The predicted octanol–water partition coefficient (Wildman–Crippen LogP) is -1.59. The number of amides is 3. The van der Waals surface area contributed by atoms with Crippen molar-refractivity contribution >= 4 is 25.5 Å². The van der Waals surface area contributed by atoms with Gasteiger partial charge in [0.1, 0.15) is 18.3 Å². The van der Waals surface area contributed by atoms with Crippen LogP contribution in [-0.4, -0.2) is 63.3 Å². The van der Waals surface area contributed by atoms with Gasteiger partial charge in [0.15, 0.2) is 0 Å². The zero-order valence-corrected chi connectivity index (χ0v) is 13.4. The van der Waals surface area contributed by atoms with Crippen LogP contribution in [0.2, 0.25) is 0 Å². The summed E-state index contributed by atoms with van der Waals surface area (Å²) in [5.41, 5.74) is 5.12. The average molecular weight is 355 g/mol. The fraction of sp³-hybridized carbons (Fsp3) is 0.727. The summed E-state index contributed by atoms with van der Waals surface area (Å²) in [5, 5.41) is 2.18. The van der Waals surface area contributed by atoms with Crippen molar-refractivity contribution in [3.05, 3.63) is 0 Å². The van der Waals surface area contributed by atoms with Crippen LogP contribution in [0.5, 0.6) is 0 Å². The molecule has 0 aromatic rings. The lowest BCUT2D eigenvalue weighted by molar-refractivity contribution is -0.142. The van der Waals surface area contributed by atoms with Crippen LogP contribution >= 0.6 is 7.82 Å². The highest BCUT2D eigenvalue weighted by Gasteiger charge is 2.43. The number of halogens is 1. The second-order valence-corrected chi connectivity index (χ2v) is 6.41. The number of alkyl halides is 1. The van der Waals surface area contributed by atoms with E-state index >= 15 is 0 Å². The number of hydrogen-bond acceptors (Lipinski definition) is 5. The highest BCUT2D eigenvalue weighted by atomic mass is 31.2. The van der Waals surface area contributed by atoms with E-state index in [1.807, 2.05) is 0 Å². The zero-order valence-electron chi connectivity index (χ0n) is 12.5. The third kappa shape index (κ3) is 5.54. The quantitative estimate of drug-likeness (QED) is 0.418. The van der Waals surface area contributed by atoms with Crippen molar-refractivity contribution < 1.29 is 37.6 Å². The average Bonchev–Trinajstić information content (AvgIpc) is 2.75. The number of rotatable bonds is 6. The van der Waals surface area contributed by atoms with Gasteiger partial charge >= 0.3 is 7.82 Å². The molecule has 132 valence electrons. The number of nitrogens with two attached hydrogens (primary N) is 1. The molecular weight excluding hydrogens is 336 g/mol. The molecule has 0 aliphatic carbocycles. The maximum absolute atomic E-state index is 13.5. The maximum atomic E-state index is 13.5. The number of nitrogens with one attached hydrogen (secondary N) is 1. The van der Waals surface area contributed by atoms with Gasteiger partial charge in [-0.2, -0.15) is 0 Å². The van der Waals surface area contributed by atoms with E-state index in [9.17, 15) is 23.3 Å². The smallest absolute Gasteiger partial charge is 0.368 e. The third-order valence-corrected chi connectivity index (χ3v) is 3.87. The van der Waals surface area contributed by atoms with Crippen LogP contribution in [0, 0.1) is 0 Å². The molecule has 0 spiro atoms. The SMILES string of the molecule is CC(=O)N[C@H](C(=O)N1C[C@@H](F)C[C@H]1C(N)=O)[C@@H](C)OP(=O)(O)O. The number of likely N-dealkylation sites (tertiary alicyclic amines) is 1. The van der Waals surface area contributed by atoms with Crippen molar-refractivity contribution in [2.75, 3.05) is 6.54 Å². The second kappa shape index (κ2) is 7.35. The van der Waals surface area contributed by atoms with Gasteiger partial charge in [0.05, 0.1) is 12.6 Å². The summed E-state index contributed by atoms with van der Waals surface area (Å²) >= 11 is 0. The Labute approximate surface area is 131 Å². The molecule has 1 saturated heterocycles. The van der Waals surface area contributed by atoms with Gasteiger partial charge < -0.3 is 25.7 Å². The molecule has 1 aliphatic heterocycles. The van der Waals surface area contributed by atoms with E-state index in [4.69, 9.17) is 15.5 Å². The highest BCUT2D eigenvalue weighted by Crippen LogP contribution is 2.38. The molecule has 0 aromatic heterocycles. The van der Waals surface area contributed by atoms with Crippen molar-refractivity contribution in [1.82, 2.24) is 10.2 Å². The minimum atomic E-state index is -4.92. The molecule has 0 unspecified atom stereocenters. The summed E-state index contributed by atoms with van der Waals surface area (Å²) in [5.74, 6) is -2.50. The molecule has 0 aromatic carbocycles. The predicted molar refractivity (Wildman–Crippen MR) is 74.4 cm³/mol. The summed E-state index contributed by atoms with van der Waals surface area (Å²) in [6.45, 7) is 1.82. The first-order valence-electron chi connectivity index (χ1n) is 6.67. The monoisotopic (exact) mass is 355 g/mol. The van der Waals surface area contributed by atoms with E-state index in [0.29, 0.717) is 0 Å². The first-order chi connectivity index (χ1) is 10.4. The molecule has 1 heterocycles. The van der Waals surface area contributed by atoms with Crippen LogP contribution in [0.15, 0.2) is 0 Å². The van der Waals surface area contributed by atoms with E-state index in [0.717, 1.165) is 18.7 Å². The van der Waals surface area contributed by atoms with Crippen molar-refractivity contribution in [1.29, 1.82) is 0 Å². The van der Waals surface area contributed by atoms with Gasteiger partial charge in [-0.15, -0.1) is 0 Å². The molecule has 0 radical (unpaired) electrons. The van der Waals surface area contributed by atoms with Crippen molar-refractivity contribution in [2.45, 2.75) is 44.6 Å². The summed E-state index contributed by atoms with van der Waals surface area (Å²) in [6.07, 6.45) is -3.16. The Morgan fingerprint density at radius 2 is 2.00 bits per heavy atom. The normalized spacial score (nSPS) is 24.1. The van der Waals surface area contributed by atoms with Crippen molar-refractivity contribution in [3.63, 3.8) is 0 Å². The molecule has 5 N–H and O–H groups in total. The van der Waals surface area contributed by atoms with Crippen LogP contribution < -0.4 is 11.1 Å². The largest absolute Gasteiger partial charge is 0.469 e. The van der Waals surface area contributed by atoms with Crippen LogP contribution in [0.1, 0.15) is 20.3 Å². The summed E-state index contributed by atoms with van der Waals surface area (Å²) in [7, 11) is -4.92. The highest BCUT2D eigenvalue weighted by molar-refractivity contribution is 7.46. The number of phosphoric acid groups is 1. The Kier molecular flexibility index (Phi) is 6.23. The minimum Gasteiger partial charge on any atom is -0.368 e. The van der Waals surface area contributed by atoms with Crippen LogP contribution in [-0.2, 0) is 23.5 Å². The van der Waals surface area contributed by atoms with Crippen molar-refractivity contribution in [3.8, 4) is 0 Å². The lowest BCUT2D eigenvalue weighted by atomic mass is 10.1. The summed E-state index contributed by atoms with van der Waals surface area (Å²) < 4.78 is 28.8. The molecule has 1 fully saturated rings.